The van der Waals surface area contributed by atoms with E-state index in [4.69, 9.17) is 15.0 Å². The van der Waals surface area contributed by atoms with Gasteiger partial charge in [0.05, 0.1) is 33.5 Å². The minimum absolute atomic E-state index is 0.481. The number of benzene rings is 7. The van der Waals surface area contributed by atoms with Crippen LogP contribution in [0.5, 0.6) is 0 Å². The van der Waals surface area contributed by atoms with Crippen molar-refractivity contribution in [1.29, 1.82) is 0 Å². The first-order valence-electron chi connectivity index (χ1n) is 20.3. The molecule has 3 heteroatoms. The predicted octanol–water partition coefficient (Wildman–Crippen LogP) is 14.0. The van der Waals surface area contributed by atoms with Crippen molar-refractivity contribution in [3.05, 3.63) is 228 Å². The fraction of sp³-hybridized carbons (Fsp3) is 0.0536. The van der Waals surface area contributed by atoms with Gasteiger partial charge in [-0.2, -0.15) is 0 Å². The van der Waals surface area contributed by atoms with Crippen molar-refractivity contribution in [2.24, 2.45) is 0 Å². The van der Waals surface area contributed by atoms with E-state index in [0.29, 0.717) is 0 Å². The Hall–Kier alpha value is -7.49. The van der Waals surface area contributed by atoms with Gasteiger partial charge in [0.2, 0.25) is 0 Å². The fourth-order valence-electron chi connectivity index (χ4n) is 9.48. The molecule has 10 aromatic rings. The molecule has 0 fully saturated rings. The third kappa shape index (κ3) is 5.46. The Morgan fingerprint density at radius 2 is 0.966 bits per heavy atom. The first-order chi connectivity index (χ1) is 29.1. The van der Waals surface area contributed by atoms with Crippen LogP contribution in [-0.2, 0) is 5.41 Å². The molecule has 59 heavy (non-hydrogen) atoms. The summed E-state index contributed by atoms with van der Waals surface area (Å²) in [6.45, 7) is 4.22. The molecule has 1 aliphatic carbocycles. The number of pyridine rings is 3. The quantitative estimate of drug-likeness (QED) is 0.159. The lowest BCUT2D eigenvalue weighted by Crippen LogP contribution is -2.28. The minimum atomic E-state index is -0.481. The fourth-order valence-corrected chi connectivity index (χ4v) is 9.48. The maximum Gasteiger partial charge on any atom is 0.0972 e. The molecule has 11 rings (SSSR count). The molecule has 1 aliphatic rings. The van der Waals surface area contributed by atoms with Crippen molar-refractivity contribution < 1.29 is 0 Å². The van der Waals surface area contributed by atoms with Crippen LogP contribution in [0, 0.1) is 6.92 Å². The van der Waals surface area contributed by atoms with Gasteiger partial charge in [-0.1, -0.05) is 176 Å². The van der Waals surface area contributed by atoms with E-state index in [-0.39, 0.29) is 0 Å². The predicted molar refractivity (Wildman–Crippen MR) is 245 cm³/mol. The Labute approximate surface area is 344 Å². The normalized spacial score (nSPS) is 13.0. The van der Waals surface area contributed by atoms with Crippen molar-refractivity contribution in [1.82, 2.24) is 15.0 Å². The topological polar surface area (TPSA) is 38.7 Å². The van der Waals surface area contributed by atoms with Crippen LogP contribution in [0.4, 0.5) is 0 Å². The van der Waals surface area contributed by atoms with E-state index in [1.54, 1.807) is 0 Å². The highest BCUT2D eigenvalue weighted by Crippen LogP contribution is 2.57. The van der Waals surface area contributed by atoms with Gasteiger partial charge in [0.15, 0.2) is 0 Å². The Kier molecular flexibility index (Phi) is 8.16. The molecule has 0 saturated carbocycles. The standard InChI is InChI=1S/C56H39N3/c1-3-15-44-36(2)57-53(39-26-24-38(25-27-39)52-33-31-41-29-28-40-30-32-51(37-16-7-4-8-17-37)58-54(40)55(41)59-52)48-34-47-45-22-13-14-23-49(45)56(50(47)35-46(44)48,42-18-9-5-10-19-42)43-20-11-6-12-21-43/h3-35H,1-2H3/b15-3-. The molecular weight excluding hydrogens is 715 g/mol. The molecule has 0 N–H and O–H groups in total. The van der Waals surface area contributed by atoms with Crippen molar-refractivity contribution in [2.45, 2.75) is 19.3 Å². The first-order valence-corrected chi connectivity index (χ1v) is 20.3. The number of aromatic nitrogens is 3. The van der Waals surface area contributed by atoms with Crippen LogP contribution >= 0.6 is 0 Å². The number of aryl methyl sites for hydroxylation is 1. The van der Waals surface area contributed by atoms with Gasteiger partial charge < -0.3 is 0 Å². The Bertz CT molecular complexity index is 3220. The van der Waals surface area contributed by atoms with Crippen LogP contribution in [0.3, 0.4) is 0 Å². The van der Waals surface area contributed by atoms with E-state index in [1.807, 2.05) is 6.07 Å². The maximum atomic E-state index is 5.36. The smallest absolute Gasteiger partial charge is 0.0972 e. The van der Waals surface area contributed by atoms with E-state index >= 15 is 0 Å². The number of fused-ring (bicyclic) bond motifs is 7. The van der Waals surface area contributed by atoms with Gasteiger partial charge >= 0.3 is 0 Å². The van der Waals surface area contributed by atoms with Crippen LogP contribution in [0.15, 0.2) is 194 Å². The summed E-state index contributed by atoms with van der Waals surface area (Å²) >= 11 is 0. The third-order valence-electron chi connectivity index (χ3n) is 12.2. The lowest BCUT2D eigenvalue weighted by molar-refractivity contribution is 0.769. The Balaban J connectivity index is 1.08. The second-order valence-electron chi connectivity index (χ2n) is 15.5. The lowest BCUT2D eigenvalue weighted by atomic mass is 9.67. The molecule has 0 saturated heterocycles. The molecule has 0 aliphatic heterocycles. The van der Waals surface area contributed by atoms with Gasteiger partial charge in [-0.3, -0.25) is 4.98 Å². The van der Waals surface area contributed by atoms with E-state index in [1.165, 1.54) is 38.8 Å². The zero-order valence-corrected chi connectivity index (χ0v) is 32.9. The van der Waals surface area contributed by atoms with Crippen LogP contribution in [0.1, 0.15) is 40.4 Å². The molecule has 0 unspecified atom stereocenters. The van der Waals surface area contributed by atoms with E-state index in [2.05, 4.69) is 208 Å². The third-order valence-corrected chi connectivity index (χ3v) is 12.2. The summed E-state index contributed by atoms with van der Waals surface area (Å²) in [5.41, 5.74) is 17.1. The maximum absolute atomic E-state index is 5.36. The summed E-state index contributed by atoms with van der Waals surface area (Å²) in [6, 6.07) is 67.7. The summed E-state index contributed by atoms with van der Waals surface area (Å²) in [5, 5.41) is 4.48. The molecule has 3 nitrogen and oxygen atoms in total. The van der Waals surface area contributed by atoms with Gasteiger partial charge in [-0.15, -0.1) is 0 Å². The summed E-state index contributed by atoms with van der Waals surface area (Å²) in [4.78, 5) is 15.7. The summed E-state index contributed by atoms with van der Waals surface area (Å²) in [6.07, 6.45) is 4.34. The highest BCUT2D eigenvalue weighted by molar-refractivity contribution is 6.06. The second kappa shape index (κ2) is 13.9. The zero-order valence-electron chi connectivity index (χ0n) is 32.9. The lowest BCUT2D eigenvalue weighted by Gasteiger charge is -2.34. The molecule has 3 aromatic heterocycles. The molecule has 0 atom stereocenters. The van der Waals surface area contributed by atoms with Crippen molar-refractivity contribution >= 4 is 38.7 Å². The Morgan fingerprint density at radius 1 is 0.441 bits per heavy atom. The highest BCUT2D eigenvalue weighted by Gasteiger charge is 2.46. The molecule has 0 radical (unpaired) electrons. The minimum Gasteiger partial charge on any atom is -0.252 e. The average molecular weight is 754 g/mol. The number of hydrogen-bond donors (Lipinski definition) is 0. The van der Waals surface area contributed by atoms with E-state index in [0.717, 1.165) is 72.2 Å². The van der Waals surface area contributed by atoms with Gasteiger partial charge in [-0.05, 0) is 76.9 Å². The molecule has 3 heterocycles. The molecule has 0 amide bonds. The van der Waals surface area contributed by atoms with Crippen LogP contribution in [-0.4, -0.2) is 15.0 Å². The monoisotopic (exact) mass is 753 g/mol. The number of hydrogen-bond acceptors (Lipinski definition) is 3. The highest BCUT2D eigenvalue weighted by atomic mass is 14.8. The second-order valence-corrected chi connectivity index (χ2v) is 15.5. The van der Waals surface area contributed by atoms with Crippen LogP contribution < -0.4 is 0 Å². The van der Waals surface area contributed by atoms with Gasteiger partial charge in [0.25, 0.3) is 0 Å². The van der Waals surface area contributed by atoms with E-state index < -0.39 is 5.41 Å². The molecule has 7 aromatic carbocycles. The first kappa shape index (κ1) is 34.7. The van der Waals surface area contributed by atoms with Crippen molar-refractivity contribution in [3.63, 3.8) is 0 Å². The van der Waals surface area contributed by atoms with Crippen molar-refractivity contribution in [3.8, 4) is 44.9 Å². The average Bonchev–Trinajstić information content (AvgIpc) is 3.60. The van der Waals surface area contributed by atoms with E-state index in [9.17, 15) is 0 Å². The number of nitrogens with zero attached hydrogens (tertiary/aromatic N) is 3. The SMILES string of the molecule is C/C=C\c1c(C)nc(-c2ccc(-c3ccc4ccc5ccc(-c6ccccc6)nc5c4n3)cc2)c2cc3c(cc12)C(c1ccccc1)(c1ccccc1)c1ccccc1-3. The zero-order chi connectivity index (χ0) is 39.5. The molecule has 278 valence electrons. The Morgan fingerprint density at radius 3 is 1.58 bits per heavy atom. The summed E-state index contributed by atoms with van der Waals surface area (Å²) in [5.74, 6) is 0. The number of rotatable bonds is 6. The largest absolute Gasteiger partial charge is 0.252 e. The molecular formula is C56H39N3. The van der Waals surface area contributed by atoms with Crippen LogP contribution in [0.2, 0.25) is 0 Å². The molecule has 0 spiro atoms. The summed E-state index contributed by atoms with van der Waals surface area (Å²) in [7, 11) is 0. The van der Waals surface area contributed by atoms with Gasteiger partial charge in [0, 0.05) is 44.1 Å². The van der Waals surface area contributed by atoms with Gasteiger partial charge in [-0.25, -0.2) is 9.97 Å². The van der Waals surface area contributed by atoms with Crippen molar-refractivity contribution in [2.75, 3.05) is 0 Å². The number of allylic oxidation sites excluding steroid dienone is 1. The summed E-state index contributed by atoms with van der Waals surface area (Å²) < 4.78 is 0. The van der Waals surface area contributed by atoms with Crippen LogP contribution in [0.25, 0.3) is 83.6 Å². The van der Waals surface area contributed by atoms with Gasteiger partial charge in [0.1, 0.15) is 0 Å². The molecule has 0 bridgehead atoms.